The molecule has 28 heavy (non-hydrogen) atoms. The number of anilines is 1. The predicted molar refractivity (Wildman–Crippen MR) is 102 cm³/mol. The van der Waals surface area contributed by atoms with Crippen LogP contribution in [0, 0.1) is 23.7 Å². The Morgan fingerprint density at radius 2 is 1.71 bits per heavy atom. The van der Waals surface area contributed by atoms with Crippen molar-refractivity contribution in [3.63, 3.8) is 0 Å². The summed E-state index contributed by atoms with van der Waals surface area (Å²) in [5, 5.41) is 14.2. The Kier molecular flexibility index (Phi) is 6.49. The number of hydrogen-bond acceptors (Lipinski definition) is 5. The van der Waals surface area contributed by atoms with Crippen LogP contribution >= 0.6 is 0 Å². The predicted octanol–water partition coefficient (Wildman–Crippen LogP) is 2.55. The monoisotopic (exact) mass is 384 g/mol. The van der Waals surface area contributed by atoms with E-state index in [2.05, 4.69) is 12.2 Å². The molecule has 0 aliphatic heterocycles. The van der Waals surface area contributed by atoms with Gasteiger partial charge >= 0.3 is 5.97 Å². The van der Waals surface area contributed by atoms with Crippen LogP contribution in [-0.4, -0.2) is 24.5 Å². The van der Waals surface area contributed by atoms with E-state index in [0.29, 0.717) is 24.3 Å². The SMILES string of the molecule is CCCCCCOC(=O)c1ccc(NC(=O)[C@@H]2[C@@H](C(=O)[O-])[C@H]3C=C[C@H]2C3)cc1. The Morgan fingerprint density at radius 1 is 1.04 bits per heavy atom. The molecule has 0 aromatic heterocycles. The average molecular weight is 384 g/mol. The van der Waals surface area contributed by atoms with Gasteiger partial charge in [0.25, 0.3) is 0 Å². The van der Waals surface area contributed by atoms with Crippen molar-refractivity contribution in [1.29, 1.82) is 0 Å². The van der Waals surface area contributed by atoms with E-state index in [0.717, 1.165) is 25.7 Å². The van der Waals surface area contributed by atoms with Gasteiger partial charge in [-0.3, -0.25) is 4.79 Å². The van der Waals surface area contributed by atoms with E-state index in [9.17, 15) is 19.5 Å². The summed E-state index contributed by atoms with van der Waals surface area (Å²) in [5.41, 5.74) is 0.942. The number of nitrogens with one attached hydrogen (secondary N) is 1. The summed E-state index contributed by atoms with van der Waals surface area (Å²) < 4.78 is 5.24. The maximum Gasteiger partial charge on any atom is 0.338 e. The largest absolute Gasteiger partial charge is 0.550 e. The summed E-state index contributed by atoms with van der Waals surface area (Å²) in [6.07, 6.45) is 8.63. The van der Waals surface area contributed by atoms with Crippen molar-refractivity contribution in [2.75, 3.05) is 11.9 Å². The van der Waals surface area contributed by atoms with Gasteiger partial charge in [0.1, 0.15) is 0 Å². The van der Waals surface area contributed by atoms with Crippen LogP contribution in [0.25, 0.3) is 0 Å². The van der Waals surface area contributed by atoms with Crippen LogP contribution in [-0.2, 0) is 14.3 Å². The van der Waals surface area contributed by atoms with Crippen LogP contribution in [0.5, 0.6) is 0 Å². The molecule has 1 amide bonds. The Bertz CT molecular complexity index is 755. The van der Waals surface area contributed by atoms with Gasteiger partial charge < -0.3 is 20.0 Å². The van der Waals surface area contributed by atoms with Crippen LogP contribution in [0.2, 0.25) is 0 Å². The normalized spacial score (nSPS) is 24.9. The third-order valence-corrected chi connectivity index (χ3v) is 5.65. The van der Waals surface area contributed by atoms with Crippen LogP contribution in [0.15, 0.2) is 36.4 Å². The molecular formula is C22H26NO5-. The topological polar surface area (TPSA) is 95.5 Å². The molecular weight excluding hydrogens is 358 g/mol. The summed E-state index contributed by atoms with van der Waals surface area (Å²) in [5.74, 6) is -3.46. The fourth-order valence-corrected chi connectivity index (χ4v) is 4.19. The second kappa shape index (κ2) is 9.04. The number of amides is 1. The molecule has 1 fully saturated rings. The summed E-state index contributed by atoms with van der Waals surface area (Å²) in [4.78, 5) is 36.1. The highest BCUT2D eigenvalue weighted by Gasteiger charge is 2.48. The molecule has 2 aliphatic rings. The van der Waals surface area contributed by atoms with E-state index < -0.39 is 17.8 Å². The first-order valence-corrected chi connectivity index (χ1v) is 9.98. The van der Waals surface area contributed by atoms with Gasteiger partial charge in [0.15, 0.2) is 0 Å². The van der Waals surface area contributed by atoms with E-state index in [-0.39, 0.29) is 23.7 Å². The molecule has 0 unspecified atom stereocenters. The Balaban J connectivity index is 1.54. The number of rotatable bonds is 9. The number of aliphatic carboxylic acids is 1. The van der Waals surface area contributed by atoms with E-state index in [1.165, 1.54) is 0 Å². The molecule has 3 rings (SSSR count). The number of allylic oxidation sites excluding steroid dienone is 2. The number of hydrogen-bond donors (Lipinski definition) is 1. The highest BCUT2D eigenvalue weighted by Crippen LogP contribution is 2.48. The summed E-state index contributed by atoms with van der Waals surface area (Å²) in [6.45, 7) is 2.53. The van der Waals surface area contributed by atoms with Crippen LogP contribution in [0.4, 0.5) is 5.69 Å². The van der Waals surface area contributed by atoms with Gasteiger partial charge in [0, 0.05) is 17.6 Å². The number of carbonyl (C=O) groups excluding carboxylic acids is 3. The first-order valence-electron chi connectivity index (χ1n) is 9.98. The molecule has 0 radical (unpaired) electrons. The fraction of sp³-hybridized carbons (Fsp3) is 0.500. The van der Waals surface area contributed by atoms with Gasteiger partial charge in [-0.2, -0.15) is 0 Å². The van der Waals surface area contributed by atoms with Crippen molar-refractivity contribution in [3.8, 4) is 0 Å². The van der Waals surface area contributed by atoms with Gasteiger partial charge in [-0.25, -0.2) is 4.79 Å². The minimum atomic E-state index is -1.17. The standard InChI is InChI=1S/C22H27NO5/c1-2-3-4-5-12-28-22(27)14-8-10-17(11-9-14)23-20(24)18-15-6-7-16(13-15)19(18)21(25)26/h6-11,15-16,18-19H,2-5,12-13H2,1H3,(H,23,24)(H,25,26)/p-1/t15-,16-,18-,19-/m0/s1. The van der Waals surface area contributed by atoms with Crippen LogP contribution in [0.1, 0.15) is 49.4 Å². The third-order valence-electron chi connectivity index (χ3n) is 5.65. The molecule has 4 atom stereocenters. The van der Waals surface area contributed by atoms with Crippen molar-refractivity contribution in [3.05, 3.63) is 42.0 Å². The second-order valence-corrected chi connectivity index (χ2v) is 7.58. The Morgan fingerprint density at radius 3 is 2.36 bits per heavy atom. The van der Waals surface area contributed by atoms with Crippen molar-refractivity contribution in [1.82, 2.24) is 0 Å². The zero-order valence-electron chi connectivity index (χ0n) is 16.1. The minimum absolute atomic E-state index is 0.0603. The molecule has 1 aromatic rings. The second-order valence-electron chi connectivity index (χ2n) is 7.58. The molecule has 0 saturated heterocycles. The molecule has 0 spiro atoms. The summed E-state index contributed by atoms with van der Waals surface area (Å²) in [6, 6.07) is 6.45. The number of esters is 1. The molecule has 2 bridgehead atoms. The lowest BCUT2D eigenvalue weighted by Gasteiger charge is -2.27. The van der Waals surface area contributed by atoms with Crippen molar-refractivity contribution >= 4 is 23.5 Å². The molecule has 0 heterocycles. The van der Waals surface area contributed by atoms with Gasteiger partial charge in [0.2, 0.25) is 5.91 Å². The van der Waals surface area contributed by atoms with E-state index in [1.807, 2.05) is 12.2 Å². The van der Waals surface area contributed by atoms with Gasteiger partial charge in [-0.1, -0.05) is 38.3 Å². The zero-order valence-corrected chi connectivity index (χ0v) is 16.1. The highest BCUT2D eigenvalue weighted by atomic mass is 16.5. The number of fused-ring (bicyclic) bond motifs is 2. The smallest absolute Gasteiger partial charge is 0.338 e. The average Bonchev–Trinajstić information content (AvgIpc) is 3.29. The molecule has 6 heteroatoms. The third kappa shape index (κ3) is 4.43. The van der Waals surface area contributed by atoms with E-state index >= 15 is 0 Å². The maximum atomic E-state index is 12.6. The molecule has 1 aromatic carbocycles. The molecule has 1 saturated carbocycles. The highest BCUT2D eigenvalue weighted by molar-refractivity contribution is 5.97. The van der Waals surface area contributed by atoms with E-state index in [4.69, 9.17) is 4.74 Å². The number of carboxylic acid groups (broad SMARTS) is 1. The van der Waals surface area contributed by atoms with E-state index in [1.54, 1.807) is 24.3 Å². The van der Waals surface area contributed by atoms with Gasteiger partial charge in [0.05, 0.1) is 18.1 Å². The lowest BCUT2D eigenvalue weighted by Crippen LogP contribution is -2.42. The summed E-state index contributed by atoms with van der Waals surface area (Å²) >= 11 is 0. The van der Waals surface area contributed by atoms with Crippen molar-refractivity contribution in [2.24, 2.45) is 23.7 Å². The molecule has 2 aliphatic carbocycles. The van der Waals surface area contributed by atoms with Crippen molar-refractivity contribution < 1.29 is 24.2 Å². The number of benzene rings is 1. The number of unbranched alkanes of at least 4 members (excludes halogenated alkanes) is 3. The minimum Gasteiger partial charge on any atom is -0.550 e. The lowest BCUT2D eigenvalue weighted by atomic mass is 9.82. The molecule has 6 nitrogen and oxygen atoms in total. The fourth-order valence-electron chi connectivity index (χ4n) is 4.19. The van der Waals surface area contributed by atoms with Crippen LogP contribution in [0.3, 0.4) is 0 Å². The number of carbonyl (C=O) groups is 3. The number of ether oxygens (including phenoxy) is 1. The zero-order chi connectivity index (χ0) is 20.1. The molecule has 150 valence electrons. The number of carboxylic acids is 1. The summed E-state index contributed by atoms with van der Waals surface area (Å²) in [7, 11) is 0. The Hall–Kier alpha value is -2.63. The first kappa shape index (κ1) is 20.1. The van der Waals surface area contributed by atoms with Crippen molar-refractivity contribution in [2.45, 2.75) is 39.0 Å². The quantitative estimate of drug-likeness (QED) is 0.401. The Labute approximate surface area is 165 Å². The van der Waals surface area contributed by atoms with Gasteiger partial charge in [-0.05, 0) is 48.9 Å². The lowest BCUT2D eigenvalue weighted by molar-refractivity contribution is -0.313. The molecule has 1 N–H and O–H groups in total. The van der Waals surface area contributed by atoms with Gasteiger partial charge in [-0.15, -0.1) is 0 Å². The first-order chi connectivity index (χ1) is 13.5. The maximum absolute atomic E-state index is 12.6. The van der Waals surface area contributed by atoms with Crippen LogP contribution < -0.4 is 10.4 Å².